The van der Waals surface area contributed by atoms with Crippen molar-refractivity contribution >= 4 is 55.3 Å². The highest BCUT2D eigenvalue weighted by Gasteiger charge is 2.84. The van der Waals surface area contributed by atoms with Gasteiger partial charge in [-0.1, -0.05) is 68.5 Å². The summed E-state index contributed by atoms with van der Waals surface area (Å²) >= 11 is 1.42. The van der Waals surface area contributed by atoms with E-state index in [1.165, 1.54) is 24.2 Å². The second kappa shape index (κ2) is 13.5. The molecule has 1 spiro atoms. The maximum atomic E-state index is 13.6. The van der Waals surface area contributed by atoms with E-state index in [0.717, 1.165) is 70.9 Å². The van der Waals surface area contributed by atoms with Crippen molar-refractivity contribution in [3.8, 4) is 22.4 Å². The van der Waals surface area contributed by atoms with Gasteiger partial charge in [-0.3, -0.25) is 19.6 Å². The van der Waals surface area contributed by atoms with Crippen LogP contribution in [-0.4, -0.2) is 60.0 Å². The number of carboxylic acid groups (broad SMARTS) is 2. The molecule has 60 heavy (non-hydrogen) atoms. The number of ether oxygens (including phenoxy) is 1. The largest absolute Gasteiger partial charge is 0.481 e. The Morgan fingerprint density at radius 3 is 2.55 bits per heavy atom. The Morgan fingerprint density at radius 2 is 1.75 bits per heavy atom. The lowest BCUT2D eigenvalue weighted by Crippen LogP contribution is -2.60. The molecule has 3 heterocycles. The molecule has 4 aliphatic carbocycles. The number of para-hydroxylation sites is 1. The first-order valence-corrected chi connectivity index (χ1v) is 21.8. The topological polar surface area (TPSA) is 157 Å². The minimum Gasteiger partial charge on any atom is -0.481 e. The van der Waals surface area contributed by atoms with Crippen molar-refractivity contribution in [2.75, 3.05) is 11.9 Å². The molecule has 3 aromatic carbocycles. The zero-order chi connectivity index (χ0) is 41.8. The molecule has 12 heteroatoms. The summed E-state index contributed by atoms with van der Waals surface area (Å²) in [5.41, 5.74) is 4.95. The van der Waals surface area contributed by atoms with Crippen LogP contribution in [0.2, 0.25) is 0 Å². The van der Waals surface area contributed by atoms with E-state index >= 15 is 0 Å². The third kappa shape index (κ3) is 6.00. The van der Waals surface area contributed by atoms with E-state index in [1.54, 1.807) is 12.3 Å². The average Bonchev–Trinajstić information content (AvgIpc) is 3.85. The van der Waals surface area contributed by atoms with Crippen LogP contribution in [0.5, 0.6) is 0 Å². The number of aliphatic carboxylic acids is 1. The molecule has 6 aromatic rings. The number of fused-ring (bicyclic) bond motifs is 4. The van der Waals surface area contributed by atoms with Crippen molar-refractivity contribution in [2.45, 2.75) is 91.2 Å². The predicted octanol–water partition coefficient (Wildman–Crippen LogP) is 10.3. The first kappa shape index (κ1) is 38.7. The lowest BCUT2D eigenvalue weighted by molar-refractivity contribution is -0.178. The number of pyridine rings is 1. The Morgan fingerprint density at radius 1 is 0.917 bits per heavy atom. The molecule has 11 nitrogen and oxygen atoms in total. The molecule has 6 unspecified atom stereocenters. The fourth-order valence-corrected chi connectivity index (χ4v) is 14.0. The van der Waals surface area contributed by atoms with Gasteiger partial charge in [-0.15, -0.1) is 0 Å². The summed E-state index contributed by atoms with van der Waals surface area (Å²) in [4.78, 5) is 47.2. The lowest BCUT2D eigenvalue weighted by atomic mass is 9.39. The molecule has 0 aliphatic heterocycles. The molecule has 3 bridgehead atoms. The number of carboxylic acids is 2. The number of amides is 1. The van der Waals surface area contributed by atoms with Gasteiger partial charge < -0.3 is 14.9 Å². The highest BCUT2D eigenvalue weighted by molar-refractivity contribution is 7.22. The van der Waals surface area contributed by atoms with Gasteiger partial charge >= 0.3 is 11.9 Å². The maximum Gasteiger partial charge on any atom is 0.355 e. The van der Waals surface area contributed by atoms with Gasteiger partial charge in [0.05, 0.1) is 27.7 Å². The van der Waals surface area contributed by atoms with Gasteiger partial charge in [0.15, 0.2) is 10.8 Å². The van der Waals surface area contributed by atoms with Gasteiger partial charge in [-0.25, -0.2) is 14.8 Å². The normalized spacial score (nSPS) is 27.9. The molecule has 3 N–H and O–H groups in total. The molecule has 4 fully saturated rings. The Labute approximate surface area is 352 Å². The Hall–Kier alpha value is -5.46. The molecular formula is C48H49N5O6S. The van der Waals surface area contributed by atoms with Crippen LogP contribution in [0.15, 0.2) is 79.0 Å². The van der Waals surface area contributed by atoms with Gasteiger partial charge in [0.25, 0.3) is 5.91 Å². The SMILES string of the molecule is Cc1c(-c2ccc(-c3ccc4cccc(C(=O)Nc5nc6ccccc6s5)c4c3)nc2C(=O)O)cnn1CC12CC3(OCCC(C)CC(=O)O)CC4(C)CC(C)(C1)C2(C4)C3. The van der Waals surface area contributed by atoms with Gasteiger partial charge in [0.1, 0.15) is 0 Å². The summed E-state index contributed by atoms with van der Waals surface area (Å²) in [6.07, 6.45) is 9.18. The molecule has 0 radical (unpaired) electrons. The summed E-state index contributed by atoms with van der Waals surface area (Å²) in [5.74, 6) is -2.12. The fourth-order valence-electron chi connectivity index (χ4n) is 13.1. The number of hydrogen-bond acceptors (Lipinski definition) is 8. The van der Waals surface area contributed by atoms with Crippen molar-refractivity contribution in [2.24, 2.45) is 27.6 Å². The monoisotopic (exact) mass is 823 g/mol. The third-order valence-corrected chi connectivity index (χ3v) is 15.9. The zero-order valence-corrected chi connectivity index (χ0v) is 35.2. The van der Waals surface area contributed by atoms with E-state index < -0.39 is 11.9 Å². The van der Waals surface area contributed by atoms with E-state index in [2.05, 4.69) is 28.8 Å². The molecular weight excluding hydrogens is 775 g/mol. The van der Waals surface area contributed by atoms with Gasteiger partial charge in [0, 0.05) is 47.5 Å². The number of nitrogens with one attached hydrogen (secondary N) is 1. The second-order valence-corrected chi connectivity index (χ2v) is 20.2. The van der Waals surface area contributed by atoms with Crippen LogP contribution in [0, 0.1) is 34.5 Å². The lowest BCUT2D eigenvalue weighted by Gasteiger charge is -2.65. The first-order chi connectivity index (χ1) is 28.6. The van der Waals surface area contributed by atoms with Crippen molar-refractivity contribution in [3.05, 3.63) is 95.9 Å². The van der Waals surface area contributed by atoms with Crippen molar-refractivity contribution in [1.29, 1.82) is 0 Å². The molecule has 4 aliphatic rings. The average molecular weight is 824 g/mol. The van der Waals surface area contributed by atoms with Crippen LogP contribution >= 0.6 is 11.3 Å². The van der Waals surface area contributed by atoms with E-state index in [-0.39, 0.29) is 51.2 Å². The molecule has 1 amide bonds. The third-order valence-electron chi connectivity index (χ3n) is 14.9. The van der Waals surface area contributed by atoms with E-state index in [9.17, 15) is 24.6 Å². The summed E-state index contributed by atoms with van der Waals surface area (Å²) in [5, 5.41) is 29.9. The number of aromatic carboxylic acids is 1. The molecule has 4 saturated carbocycles. The standard InChI is InChI=1S/C48H49N5O6S/c1-28(18-39(54)55)16-17-59-47-22-44(3)21-45(4)24-46(25-47,48(45,23-44)26-47)27-53-29(2)35(20-49-53)32-14-15-36(50-40(32)42(57)58)31-13-12-30-8-7-9-33(34(30)19-31)41(56)52-43-51-37-10-5-6-11-38(37)60-43/h5-15,19-20,28H,16-18,21-27H2,1-4H3,(H,54,55)(H,57,58)(H,51,52,56). The number of nitrogens with zero attached hydrogens (tertiary/aromatic N) is 4. The molecule has 6 atom stereocenters. The number of carbonyl (C=O) groups excluding carboxylic acids is 1. The van der Waals surface area contributed by atoms with Crippen LogP contribution in [0.1, 0.15) is 98.7 Å². The smallest absolute Gasteiger partial charge is 0.355 e. The summed E-state index contributed by atoms with van der Waals surface area (Å²) in [6.45, 7) is 10.2. The van der Waals surface area contributed by atoms with Crippen molar-refractivity contribution in [1.82, 2.24) is 19.7 Å². The van der Waals surface area contributed by atoms with E-state index in [4.69, 9.17) is 14.8 Å². The molecule has 308 valence electrons. The van der Waals surface area contributed by atoms with Gasteiger partial charge in [-0.05, 0) is 127 Å². The molecule has 0 saturated heterocycles. The highest BCUT2D eigenvalue weighted by Crippen LogP contribution is 2.90. The van der Waals surface area contributed by atoms with Crippen molar-refractivity contribution in [3.63, 3.8) is 0 Å². The molecule has 3 aromatic heterocycles. The van der Waals surface area contributed by atoms with Crippen LogP contribution in [0.3, 0.4) is 0 Å². The second-order valence-electron chi connectivity index (χ2n) is 19.2. The van der Waals surface area contributed by atoms with Gasteiger partial charge in [-0.2, -0.15) is 5.10 Å². The maximum absolute atomic E-state index is 13.6. The zero-order valence-electron chi connectivity index (χ0n) is 34.4. The number of carbonyl (C=O) groups is 3. The Balaban J connectivity index is 0.924. The number of benzene rings is 3. The number of thiazole rings is 1. The van der Waals surface area contributed by atoms with E-state index in [0.29, 0.717) is 34.1 Å². The predicted molar refractivity (Wildman–Crippen MR) is 231 cm³/mol. The quantitative estimate of drug-likeness (QED) is 0.103. The number of aromatic nitrogens is 4. The van der Waals surface area contributed by atoms with Crippen LogP contribution < -0.4 is 5.32 Å². The number of anilines is 1. The van der Waals surface area contributed by atoms with Crippen LogP contribution in [0.4, 0.5) is 5.13 Å². The minimum atomic E-state index is -1.13. The number of rotatable bonds is 13. The highest BCUT2D eigenvalue weighted by atomic mass is 32.1. The Bertz CT molecular complexity index is 2750. The van der Waals surface area contributed by atoms with Gasteiger partial charge in [0.2, 0.25) is 0 Å². The van der Waals surface area contributed by atoms with E-state index in [1.807, 2.05) is 80.6 Å². The van der Waals surface area contributed by atoms with Crippen LogP contribution in [-0.2, 0) is 16.1 Å². The number of hydrogen-bond donors (Lipinski definition) is 3. The Kier molecular flexibility index (Phi) is 8.73. The fraction of sp³-hybridized carbons (Fsp3) is 0.417. The van der Waals surface area contributed by atoms with Crippen LogP contribution in [0.25, 0.3) is 43.4 Å². The summed E-state index contributed by atoms with van der Waals surface area (Å²) in [7, 11) is 0. The van der Waals surface area contributed by atoms with Crippen molar-refractivity contribution < 1.29 is 29.3 Å². The molecule has 10 rings (SSSR count). The summed E-state index contributed by atoms with van der Waals surface area (Å²) < 4.78 is 9.99. The summed E-state index contributed by atoms with van der Waals surface area (Å²) in [6, 6.07) is 22.7. The first-order valence-electron chi connectivity index (χ1n) is 21.0. The minimum absolute atomic E-state index is 0.00864.